The molecule has 1 aromatic heterocycles. The van der Waals surface area contributed by atoms with Crippen LogP contribution < -0.4 is 5.73 Å². The molecule has 1 heterocycles. The van der Waals surface area contributed by atoms with Gasteiger partial charge >= 0.3 is 0 Å². The molecule has 0 amide bonds. The van der Waals surface area contributed by atoms with E-state index in [1.165, 1.54) is 11.1 Å². The molecule has 92 valence electrons. The van der Waals surface area contributed by atoms with E-state index in [-0.39, 0.29) is 5.84 Å². The first-order chi connectivity index (χ1) is 8.65. The van der Waals surface area contributed by atoms with E-state index in [4.69, 9.17) is 11.1 Å². The predicted octanol–water partition coefficient (Wildman–Crippen LogP) is 2.97. The third-order valence-electron chi connectivity index (χ3n) is 2.47. The van der Waals surface area contributed by atoms with Crippen LogP contribution >= 0.6 is 11.8 Å². The summed E-state index contributed by atoms with van der Waals surface area (Å²) < 4.78 is 0. The number of nitrogens with zero attached hydrogens (tertiary/aromatic N) is 1. The molecule has 0 unspecified atom stereocenters. The topological polar surface area (TPSA) is 62.8 Å². The van der Waals surface area contributed by atoms with Crippen LogP contribution in [0, 0.1) is 12.3 Å². The summed E-state index contributed by atoms with van der Waals surface area (Å²) in [6.07, 6.45) is 0. The Morgan fingerprint density at radius 1 is 1.28 bits per heavy atom. The SMILES string of the molecule is Cc1cccc(CSc2cccc(C(=N)N)n2)c1. The highest BCUT2D eigenvalue weighted by Crippen LogP contribution is 2.21. The lowest BCUT2D eigenvalue weighted by atomic mass is 10.2. The number of rotatable bonds is 4. The number of benzene rings is 1. The Morgan fingerprint density at radius 2 is 2.06 bits per heavy atom. The van der Waals surface area contributed by atoms with Crippen LogP contribution in [0.2, 0.25) is 0 Å². The molecular formula is C14H15N3S. The van der Waals surface area contributed by atoms with Crippen molar-refractivity contribution in [2.24, 2.45) is 5.73 Å². The molecule has 4 heteroatoms. The highest BCUT2D eigenvalue weighted by Gasteiger charge is 2.02. The van der Waals surface area contributed by atoms with Crippen LogP contribution in [-0.4, -0.2) is 10.8 Å². The van der Waals surface area contributed by atoms with Gasteiger partial charge < -0.3 is 5.73 Å². The first-order valence-corrected chi connectivity index (χ1v) is 6.63. The Kier molecular flexibility index (Phi) is 3.99. The fourth-order valence-corrected chi connectivity index (χ4v) is 2.44. The minimum absolute atomic E-state index is 0.00741. The minimum atomic E-state index is 0.00741. The van der Waals surface area contributed by atoms with Gasteiger partial charge in [-0.15, -0.1) is 11.8 Å². The van der Waals surface area contributed by atoms with E-state index in [0.717, 1.165) is 10.8 Å². The molecule has 0 aliphatic rings. The molecule has 0 aliphatic heterocycles. The van der Waals surface area contributed by atoms with E-state index in [1.54, 1.807) is 17.8 Å². The van der Waals surface area contributed by atoms with Gasteiger partial charge in [0.05, 0.1) is 5.03 Å². The predicted molar refractivity (Wildman–Crippen MR) is 76.0 cm³/mol. The number of hydrogen-bond acceptors (Lipinski definition) is 3. The van der Waals surface area contributed by atoms with E-state index in [1.807, 2.05) is 12.1 Å². The Bertz CT molecular complexity index is 566. The van der Waals surface area contributed by atoms with Crippen molar-refractivity contribution < 1.29 is 0 Å². The molecule has 0 fully saturated rings. The lowest BCUT2D eigenvalue weighted by Crippen LogP contribution is -2.13. The molecule has 3 nitrogen and oxygen atoms in total. The molecule has 2 rings (SSSR count). The van der Waals surface area contributed by atoms with Crippen LogP contribution in [0.4, 0.5) is 0 Å². The number of nitrogen functional groups attached to an aromatic ring is 1. The fraction of sp³-hybridized carbons (Fsp3) is 0.143. The Hall–Kier alpha value is -1.81. The molecule has 0 spiro atoms. The summed E-state index contributed by atoms with van der Waals surface area (Å²) in [5.74, 6) is 0.878. The zero-order valence-electron chi connectivity index (χ0n) is 10.2. The number of nitrogens with two attached hydrogens (primary N) is 1. The molecule has 0 aliphatic carbocycles. The molecule has 18 heavy (non-hydrogen) atoms. The van der Waals surface area contributed by atoms with Crippen LogP contribution in [-0.2, 0) is 5.75 Å². The van der Waals surface area contributed by atoms with Crippen molar-refractivity contribution in [3.05, 3.63) is 59.3 Å². The quantitative estimate of drug-likeness (QED) is 0.503. The molecule has 0 radical (unpaired) electrons. The van der Waals surface area contributed by atoms with Gasteiger partial charge in [-0.3, -0.25) is 5.41 Å². The number of nitrogens with one attached hydrogen (secondary N) is 1. The highest BCUT2D eigenvalue weighted by atomic mass is 32.2. The summed E-state index contributed by atoms with van der Waals surface area (Å²) in [5, 5.41) is 8.26. The van der Waals surface area contributed by atoms with Crippen LogP contribution in [0.5, 0.6) is 0 Å². The van der Waals surface area contributed by atoms with Crippen molar-refractivity contribution in [3.63, 3.8) is 0 Å². The average Bonchev–Trinajstić information content (AvgIpc) is 2.37. The van der Waals surface area contributed by atoms with E-state index >= 15 is 0 Å². The maximum atomic E-state index is 7.36. The molecule has 3 N–H and O–H groups in total. The largest absolute Gasteiger partial charge is 0.382 e. The Labute approximate surface area is 111 Å². The van der Waals surface area contributed by atoms with Crippen LogP contribution in [0.3, 0.4) is 0 Å². The molecule has 0 saturated carbocycles. The molecule has 0 bridgehead atoms. The molecule has 2 aromatic rings. The normalized spacial score (nSPS) is 10.3. The zero-order valence-corrected chi connectivity index (χ0v) is 11.0. The number of aryl methyl sites for hydroxylation is 1. The second kappa shape index (κ2) is 5.69. The van der Waals surface area contributed by atoms with E-state index in [2.05, 4.69) is 36.2 Å². The first-order valence-electron chi connectivity index (χ1n) is 5.65. The standard InChI is InChI=1S/C14H15N3S/c1-10-4-2-5-11(8-10)9-18-13-7-3-6-12(17-13)14(15)16/h2-8H,9H2,1H3,(H3,15,16). The van der Waals surface area contributed by atoms with Gasteiger partial charge in [0.2, 0.25) is 0 Å². The third-order valence-corrected chi connectivity index (χ3v) is 3.47. The monoisotopic (exact) mass is 257 g/mol. The fourth-order valence-electron chi connectivity index (χ4n) is 1.60. The summed E-state index contributed by atoms with van der Waals surface area (Å²) in [7, 11) is 0. The lowest BCUT2D eigenvalue weighted by Gasteiger charge is -2.04. The number of hydrogen-bond donors (Lipinski definition) is 2. The first kappa shape index (κ1) is 12.6. The van der Waals surface area contributed by atoms with Gasteiger partial charge in [0, 0.05) is 5.75 Å². The minimum Gasteiger partial charge on any atom is -0.382 e. The lowest BCUT2D eigenvalue weighted by molar-refractivity contribution is 1.10. The summed E-state index contributed by atoms with van der Waals surface area (Å²) in [4.78, 5) is 4.32. The van der Waals surface area contributed by atoms with Gasteiger partial charge in [-0.05, 0) is 24.6 Å². The van der Waals surface area contributed by atoms with Gasteiger partial charge in [0.15, 0.2) is 0 Å². The van der Waals surface area contributed by atoms with E-state index < -0.39 is 0 Å². The zero-order chi connectivity index (χ0) is 13.0. The summed E-state index contributed by atoms with van der Waals surface area (Å²) in [5.41, 5.74) is 8.49. The molecule has 0 atom stereocenters. The van der Waals surface area contributed by atoms with Crippen LogP contribution in [0.25, 0.3) is 0 Å². The van der Waals surface area contributed by atoms with Gasteiger partial charge in [-0.2, -0.15) is 0 Å². The Balaban J connectivity index is 2.06. The second-order valence-corrected chi connectivity index (χ2v) is 5.05. The smallest absolute Gasteiger partial charge is 0.141 e. The van der Waals surface area contributed by atoms with Gasteiger partial charge in [0.25, 0.3) is 0 Å². The maximum Gasteiger partial charge on any atom is 0.141 e. The number of aromatic nitrogens is 1. The van der Waals surface area contributed by atoms with Crippen molar-refractivity contribution in [1.82, 2.24) is 4.98 Å². The average molecular weight is 257 g/mol. The summed E-state index contributed by atoms with van der Waals surface area (Å²) in [6.45, 7) is 2.09. The van der Waals surface area contributed by atoms with E-state index in [0.29, 0.717) is 5.69 Å². The van der Waals surface area contributed by atoms with Crippen LogP contribution in [0.1, 0.15) is 16.8 Å². The number of thioether (sulfide) groups is 1. The second-order valence-electron chi connectivity index (χ2n) is 4.05. The van der Waals surface area contributed by atoms with Gasteiger partial charge in [-0.1, -0.05) is 35.9 Å². The third kappa shape index (κ3) is 3.34. The van der Waals surface area contributed by atoms with E-state index in [9.17, 15) is 0 Å². The summed E-state index contributed by atoms with van der Waals surface area (Å²) in [6, 6.07) is 14.0. The van der Waals surface area contributed by atoms with Crippen molar-refractivity contribution in [1.29, 1.82) is 5.41 Å². The van der Waals surface area contributed by atoms with Gasteiger partial charge in [0.1, 0.15) is 11.5 Å². The number of amidine groups is 1. The number of pyridine rings is 1. The maximum absolute atomic E-state index is 7.36. The molecule has 0 saturated heterocycles. The van der Waals surface area contributed by atoms with Crippen molar-refractivity contribution in [2.75, 3.05) is 0 Å². The molecule has 1 aromatic carbocycles. The summed E-state index contributed by atoms with van der Waals surface area (Å²) >= 11 is 1.65. The van der Waals surface area contributed by atoms with Gasteiger partial charge in [-0.25, -0.2) is 4.98 Å². The van der Waals surface area contributed by atoms with Crippen molar-refractivity contribution in [2.45, 2.75) is 17.7 Å². The molecular weight excluding hydrogens is 242 g/mol. The van der Waals surface area contributed by atoms with Crippen molar-refractivity contribution >= 4 is 17.6 Å². The highest BCUT2D eigenvalue weighted by molar-refractivity contribution is 7.98. The van der Waals surface area contributed by atoms with Crippen molar-refractivity contribution in [3.8, 4) is 0 Å². The Morgan fingerprint density at radius 3 is 2.78 bits per heavy atom. The van der Waals surface area contributed by atoms with Crippen LogP contribution in [0.15, 0.2) is 47.5 Å².